The fourth-order valence-corrected chi connectivity index (χ4v) is 11.3. The zero-order chi connectivity index (χ0) is 61.0. The molecule has 6 N–H and O–H groups in total. The van der Waals surface area contributed by atoms with Crippen LogP contribution in [0.4, 0.5) is 34.5 Å². The number of benzene rings is 4. The van der Waals surface area contributed by atoms with Crippen LogP contribution in [0.25, 0.3) is 0 Å². The van der Waals surface area contributed by atoms with E-state index >= 15 is 0 Å². The van der Waals surface area contributed by atoms with Gasteiger partial charge in [0.1, 0.15) is 25.1 Å². The molecule has 3 unspecified atom stereocenters. The number of carbonyl (C=O) groups excluding carboxylic acids is 3. The van der Waals surface area contributed by atoms with E-state index in [0.717, 1.165) is 62.4 Å². The third-order valence-corrected chi connectivity index (χ3v) is 16.5. The number of ketones is 1. The summed E-state index contributed by atoms with van der Waals surface area (Å²) in [5.74, 6) is -2.33. The fourth-order valence-electron chi connectivity index (χ4n) is 8.48. The summed E-state index contributed by atoms with van der Waals surface area (Å²) in [6, 6.07) is 24.7. The second kappa shape index (κ2) is 34.6. The number of likely N-dealkylation sites (N-methyl/N-ethyl adjacent to an activating group) is 1. The van der Waals surface area contributed by atoms with E-state index in [0.29, 0.717) is 34.4 Å². The molecule has 0 aliphatic heterocycles. The average molecular weight is 1230 g/mol. The van der Waals surface area contributed by atoms with E-state index in [4.69, 9.17) is 18.1 Å². The first kappa shape index (κ1) is 68.5. The average Bonchev–Trinajstić information content (AvgIpc) is 2.67. The fraction of sp³-hybridized carbons (Fsp3) is 0.456. The zero-order valence-corrected chi connectivity index (χ0v) is 50.8. The normalized spacial score (nSPS) is 13.7. The molecule has 24 nitrogen and oxygen atoms in total. The van der Waals surface area contributed by atoms with Crippen molar-refractivity contribution < 1.29 is 74.6 Å². The number of aromatic nitrogens is 2. The third-order valence-electron chi connectivity index (χ3n) is 12.9. The Bertz CT molecular complexity index is 3040. The number of phosphoric ester groups is 3. The van der Waals surface area contributed by atoms with Gasteiger partial charge >= 0.3 is 21.3 Å². The lowest BCUT2D eigenvalue weighted by Gasteiger charge is -2.27. The van der Waals surface area contributed by atoms with Crippen molar-refractivity contribution in [2.75, 3.05) is 70.0 Å². The minimum atomic E-state index is -5.47. The summed E-state index contributed by atoms with van der Waals surface area (Å²) in [7, 11) is -9.09. The van der Waals surface area contributed by atoms with Gasteiger partial charge in [-0.2, -0.15) is 9.29 Å². The summed E-state index contributed by atoms with van der Waals surface area (Å²) in [5.41, 5.74) is 1.71. The van der Waals surface area contributed by atoms with Gasteiger partial charge in [-0.1, -0.05) is 132 Å². The van der Waals surface area contributed by atoms with Crippen LogP contribution in [0.15, 0.2) is 103 Å². The zero-order valence-electron chi connectivity index (χ0n) is 48.1. The SMILES string of the molecule is CC(=O)Nc1ccc(Nc2ncc([N+](=O)[O-])c(Nc3ccc(OP(=O)(O)OP(=O)(O)OCCNC(=O)c4ccc(CCCCCCCCCCCCCCCCCCOP(=O)([O-])OCC[N+](C)(C)C)cc4)cc3C(=O)c3ccccc3)n2)cc1. The molecule has 4 aromatic carbocycles. The van der Waals surface area contributed by atoms with E-state index in [1.54, 1.807) is 54.6 Å². The molecule has 0 bridgehead atoms. The van der Waals surface area contributed by atoms with Gasteiger partial charge in [0.15, 0.2) is 5.78 Å². The molecule has 84 heavy (non-hydrogen) atoms. The van der Waals surface area contributed by atoms with Crippen molar-refractivity contribution in [3.8, 4) is 5.75 Å². The molecule has 0 spiro atoms. The Morgan fingerprint density at radius 1 is 0.655 bits per heavy atom. The number of rotatable bonds is 41. The summed E-state index contributed by atoms with van der Waals surface area (Å²) >= 11 is 0. The molecule has 0 aliphatic carbocycles. The maximum Gasteiger partial charge on any atom is 0.536 e. The predicted octanol–water partition coefficient (Wildman–Crippen LogP) is 12.1. The summed E-state index contributed by atoms with van der Waals surface area (Å²) in [6.45, 7) is 1.37. The first-order chi connectivity index (χ1) is 40.0. The number of hydrogen-bond acceptors (Lipinski definition) is 18. The van der Waals surface area contributed by atoms with Gasteiger partial charge in [0.25, 0.3) is 13.7 Å². The maximum atomic E-state index is 13.9. The standard InChI is InChI=1S/C57H79N8O16P3/c1-44(66)60-48-31-33-49(34-32-48)61-57-59-43-53(64(69)70)55(63-57)62-52-36-35-50(42-51(52)54(67)46-25-21-19-22-26-46)80-84(75,76)81-83(73,74)78-40-37-58-56(68)47-29-27-45(28-30-47)24-20-17-15-13-11-9-7-5-6-8-10-12-14-16-18-23-39-77-82(71,72)79-41-38-65(2,3)4/h19,21-22,25-36,42-43H,5-18,20,23-24,37-41H2,1-4H3,(H6-,58,59,60,61,62,63,66,67,68,71,72,73,74,75,76). The minimum Gasteiger partial charge on any atom is -0.756 e. The van der Waals surface area contributed by atoms with Crippen molar-refractivity contribution in [2.24, 2.45) is 0 Å². The van der Waals surface area contributed by atoms with Crippen LogP contribution in [0.5, 0.6) is 5.75 Å². The molecule has 3 atom stereocenters. The molecular formula is C57H79N8O16P3. The van der Waals surface area contributed by atoms with Crippen molar-refractivity contribution in [1.82, 2.24) is 15.3 Å². The molecule has 0 radical (unpaired) electrons. The number of nitrogens with one attached hydrogen (secondary N) is 4. The Morgan fingerprint density at radius 2 is 1.23 bits per heavy atom. The smallest absolute Gasteiger partial charge is 0.536 e. The van der Waals surface area contributed by atoms with Crippen LogP contribution in [0.3, 0.4) is 0 Å². The number of nitro groups is 1. The van der Waals surface area contributed by atoms with Gasteiger partial charge in [-0.25, -0.2) is 14.1 Å². The minimum absolute atomic E-state index is 0.0630. The van der Waals surface area contributed by atoms with E-state index in [2.05, 4.69) is 35.5 Å². The molecule has 0 saturated carbocycles. The first-order valence-electron chi connectivity index (χ1n) is 28.1. The summed E-state index contributed by atoms with van der Waals surface area (Å²) in [5, 5.41) is 23.0. The highest BCUT2D eigenvalue weighted by atomic mass is 31.3. The quantitative estimate of drug-likeness (QED) is 0.00529. The van der Waals surface area contributed by atoms with Crippen molar-refractivity contribution in [2.45, 2.75) is 116 Å². The summed E-state index contributed by atoms with van der Waals surface area (Å²) in [4.78, 5) is 90.5. The highest BCUT2D eigenvalue weighted by molar-refractivity contribution is 7.61. The molecule has 5 rings (SSSR count). The molecule has 1 heterocycles. The van der Waals surface area contributed by atoms with Gasteiger partial charge in [-0.15, -0.1) is 0 Å². The Labute approximate surface area is 491 Å². The Kier molecular flexibility index (Phi) is 28.3. The van der Waals surface area contributed by atoms with E-state index in [1.165, 1.54) is 89.3 Å². The van der Waals surface area contributed by atoms with Crippen LogP contribution < -0.4 is 30.7 Å². The van der Waals surface area contributed by atoms with Gasteiger partial charge in [0.05, 0.1) is 45.0 Å². The van der Waals surface area contributed by atoms with Crippen LogP contribution in [0.2, 0.25) is 0 Å². The number of nitrogens with zero attached hydrogens (tertiary/aromatic N) is 4. The van der Waals surface area contributed by atoms with Gasteiger partial charge in [-0.3, -0.25) is 38.5 Å². The lowest BCUT2D eigenvalue weighted by Crippen LogP contribution is -2.37. The first-order valence-corrected chi connectivity index (χ1v) is 32.6. The van der Waals surface area contributed by atoms with Crippen LogP contribution in [-0.2, 0) is 42.8 Å². The molecule has 5 aromatic rings. The highest BCUT2D eigenvalue weighted by Gasteiger charge is 2.37. The van der Waals surface area contributed by atoms with Crippen molar-refractivity contribution in [1.29, 1.82) is 0 Å². The predicted molar refractivity (Wildman–Crippen MR) is 318 cm³/mol. The van der Waals surface area contributed by atoms with Crippen molar-refractivity contribution >= 4 is 75.6 Å². The lowest BCUT2D eigenvalue weighted by molar-refractivity contribution is -0.870. The Morgan fingerprint density at radius 3 is 1.81 bits per heavy atom. The maximum absolute atomic E-state index is 13.9. The molecule has 1 aromatic heterocycles. The number of quaternary nitrogens is 1. The molecule has 458 valence electrons. The molecule has 2 amide bonds. The number of anilines is 5. The number of carbonyl (C=O) groups is 3. The van der Waals surface area contributed by atoms with Crippen LogP contribution in [0, 0.1) is 10.1 Å². The summed E-state index contributed by atoms with van der Waals surface area (Å²) in [6.07, 6.45) is 20.1. The van der Waals surface area contributed by atoms with E-state index in [1.807, 2.05) is 33.3 Å². The van der Waals surface area contributed by atoms with Crippen LogP contribution >= 0.6 is 23.5 Å². The van der Waals surface area contributed by atoms with Gasteiger partial charge in [0, 0.05) is 41.5 Å². The highest BCUT2D eigenvalue weighted by Crippen LogP contribution is 2.60. The Hall–Kier alpha value is -6.26. The largest absolute Gasteiger partial charge is 0.756 e. The van der Waals surface area contributed by atoms with Gasteiger partial charge in [-0.05, 0) is 79.4 Å². The molecule has 27 heteroatoms. The van der Waals surface area contributed by atoms with Crippen LogP contribution in [-0.4, -0.2) is 101 Å². The topological polar surface area (TPSA) is 329 Å². The number of amides is 2. The van der Waals surface area contributed by atoms with Crippen LogP contribution in [0.1, 0.15) is 141 Å². The molecule has 0 fully saturated rings. The number of unbranched alkanes of at least 4 members (excludes halogenated alkanes) is 15. The second-order valence-corrected chi connectivity index (χ2v) is 25.4. The van der Waals surface area contributed by atoms with E-state index in [9.17, 15) is 52.9 Å². The number of aryl methyl sites for hydroxylation is 1. The summed E-state index contributed by atoms with van der Waals surface area (Å²) < 4.78 is 62.8. The van der Waals surface area contributed by atoms with E-state index < -0.39 is 58.1 Å². The van der Waals surface area contributed by atoms with E-state index in [-0.39, 0.29) is 54.2 Å². The van der Waals surface area contributed by atoms with Gasteiger partial charge < -0.3 is 49.1 Å². The molecule has 0 aliphatic rings. The lowest BCUT2D eigenvalue weighted by atomic mass is 10.0. The van der Waals surface area contributed by atoms with Gasteiger partial charge in [0.2, 0.25) is 17.7 Å². The molecule has 0 saturated heterocycles. The third kappa shape index (κ3) is 26.8. The number of phosphoric acid groups is 3. The Balaban J connectivity index is 0.963. The van der Waals surface area contributed by atoms with Crippen molar-refractivity contribution in [3.63, 3.8) is 0 Å². The second-order valence-electron chi connectivity index (χ2n) is 21.0. The molecular weight excluding hydrogens is 1150 g/mol. The monoisotopic (exact) mass is 1220 g/mol. The number of hydrogen-bond donors (Lipinski definition) is 6. The van der Waals surface area contributed by atoms with Crippen molar-refractivity contribution in [3.05, 3.63) is 136 Å².